The average Bonchev–Trinajstić information content (AvgIpc) is 0.718. The Morgan fingerprint density at radius 2 is 1.04 bits per heavy atom. The summed E-state index contributed by atoms with van der Waals surface area (Å²) in [6.07, 6.45) is -57.0. The predicted molar refractivity (Wildman–Crippen MR) is 203 cm³/mol. The largest absolute Gasteiger partial charge is 0.396 e. The number of rotatable bonds is 24. The van der Waals surface area contributed by atoms with Crippen molar-refractivity contribution in [2.75, 3.05) is 51.8 Å². The van der Waals surface area contributed by atoms with Crippen LogP contribution in [0, 0.1) is 0 Å². The maximum atomic E-state index is 9.24. The monoisotopic (exact) mass is 755 g/mol. The SMILES string of the molecule is [2H]C([2H])(Cl)C([2H])([2H])C([2H])([2H])C([2H])([2H])C([2H])([2H])C([2H])([2H])OC1CCCCO1.[2H]c1c([2H])c([2H])c(C([2H])([2H])C([2H])([2H])C([2H])([2H])C([2H])([2H])O)c([2H])c1[2H].[2H]c1c([2H])c([2H])c(C([2H])([2H])C([2H])([2H])C([2H])([2H])C([2H])([2H])OC([2H])([2H])C([2H])([2H])C([2H])([2H])C([2H])([2H])C([2H])([2H])C([2H])([2H])OC2CCCCO2)c([2H])c1[2H]. The van der Waals surface area contributed by atoms with Gasteiger partial charge in [0.15, 0.2) is 12.6 Å². The molecule has 0 bridgehead atoms. The van der Waals surface area contributed by atoms with Crippen molar-refractivity contribution in [2.45, 2.75) is 140 Å². The van der Waals surface area contributed by atoms with Crippen molar-refractivity contribution in [3.8, 4) is 0 Å². The summed E-state index contributed by atoms with van der Waals surface area (Å²) in [5.41, 5.74) is -2.63. The number of aliphatic hydroxyl groups is 1. The van der Waals surface area contributed by atoms with Crippen LogP contribution < -0.4 is 0 Å². The normalized spacial score (nSPS) is 38.2. The van der Waals surface area contributed by atoms with Crippen molar-refractivity contribution in [3.05, 3.63) is 71.6 Å². The van der Waals surface area contributed by atoms with Gasteiger partial charge in [-0.05, 0) is 113 Å². The first-order valence-corrected chi connectivity index (χ1v) is 14.4. The first kappa shape index (κ1) is 10.6. The molecule has 2 heterocycles. The summed E-state index contributed by atoms with van der Waals surface area (Å²) in [6, 6.07) is -10.9. The van der Waals surface area contributed by atoms with Crippen molar-refractivity contribution in [1.29, 1.82) is 0 Å². The van der Waals surface area contributed by atoms with Gasteiger partial charge < -0.3 is 28.8 Å². The lowest BCUT2D eigenvalue weighted by Crippen LogP contribution is -2.22. The second-order valence-corrected chi connectivity index (χ2v) is 8.48. The topological polar surface area (TPSA) is 66.4 Å². The molecule has 1 N–H and O–H groups in total. The molecule has 2 aliphatic heterocycles. The molecule has 6 nitrogen and oxygen atoms in total. The van der Waals surface area contributed by atoms with E-state index in [0.29, 0.717) is 25.7 Å². The molecular formula is C42H69ClO6. The molecule has 0 aromatic heterocycles. The van der Waals surface area contributed by atoms with Crippen molar-refractivity contribution < 1.29 is 97.3 Å². The van der Waals surface area contributed by atoms with Crippen LogP contribution >= 0.6 is 11.6 Å². The molecule has 2 aromatic carbocycles. The van der Waals surface area contributed by atoms with Gasteiger partial charge in [-0.3, -0.25) is 0 Å². The van der Waals surface area contributed by atoms with E-state index in [0.717, 1.165) is 0 Å². The summed E-state index contributed by atoms with van der Waals surface area (Å²) < 4.78 is 417. The maximum absolute atomic E-state index is 9.24. The molecule has 2 aliphatic rings. The van der Waals surface area contributed by atoms with E-state index in [1.165, 1.54) is 0 Å². The summed E-state index contributed by atoms with van der Waals surface area (Å²) >= 11 is 5.22. The molecule has 280 valence electrons. The van der Waals surface area contributed by atoms with E-state index < -0.39 is 212 Å². The van der Waals surface area contributed by atoms with E-state index in [4.69, 9.17) is 99.1 Å². The second kappa shape index (κ2) is 33.6. The highest BCUT2D eigenvalue weighted by atomic mass is 35.5. The summed E-state index contributed by atoms with van der Waals surface area (Å²) in [6.45, 7) is -19.8. The summed E-state index contributed by atoms with van der Waals surface area (Å²) in [4.78, 5) is 0. The Bertz CT molecular complexity index is 3100. The number of halogens is 1. The molecule has 0 amide bonds. The molecule has 2 saturated heterocycles. The number of hydrogen-bond donors (Lipinski definition) is 1. The lowest BCUT2D eigenvalue weighted by Gasteiger charge is -2.22. The zero-order valence-corrected chi connectivity index (χ0v) is 26.4. The predicted octanol–water partition coefficient (Wildman–Crippen LogP) is 10.5. The van der Waals surface area contributed by atoms with Crippen LogP contribution in [0.3, 0.4) is 0 Å². The van der Waals surface area contributed by atoms with Crippen LogP contribution in [-0.4, -0.2) is 69.5 Å². The van der Waals surface area contributed by atoms with Crippen LogP contribution in [0.15, 0.2) is 60.4 Å². The molecule has 2 atom stereocenters. The smallest absolute Gasteiger partial charge is 0.157 e. The van der Waals surface area contributed by atoms with Crippen LogP contribution in [0.2, 0.25) is 0 Å². The van der Waals surface area contributed by atoms with Crippen molar-refractivity contribution in [1.82, 2.24) is 0 Å². The summed E-state index contributed by atoms with van der Waals surface area (Å²) in [5.74, 6) is -3.39. The van der Waals surface area contributed by atoms with Gasteiger partial charge in [0, 0.05) is 93.0 Å². The van der Waals surface area contributed by atoms with Crippen LogP contribution in [0.25, 0.3) is 0 Å². The van der Waals surface area contributed by atoms with Crippen LogP contribution in [0.5, 0.6) is 0 Å². The van der Waals surface area contributed by atoms with Gasteiger partial charge in [0.1, 0.15) is 0 Å². The Morgan fingerprint density at radius 3 is 1.49 bits per heavy atom. The fraction of sp³-hybridized carbons (Fsp3) is 0.714. The number of ether oxygens (including phenoxy) is 5. The highest BCUT2D eigenvalue weighted by Crippen LogP contribution is 2.15. The van der Waals surface area contributed by atoms with Gasteiger partial charge in [-0.25, -0.2) is 0 Å². The standard InChI is InChI=1S/C21H34O3.C11H21ClO2.C10H14O/c1(2-9-18-23-21-15-7-11-19-24-21)8-16-22-17-10-6-14-20-12-4-3-5-13-20;12-8-4-1-2-5-9-13-11-7-3-6-10-14-11;11-9-5-4-8-10-6-2-1-3-7-10/h3-5,12-13,21H,1-2,6-11,14-19H2;11H,1-10H2;1-3,6-7,11H,4-5,8-9H2/i1D2,2D2,3D,4D,5D,6D2,8D2,9D2,10D2,12D,13D,14D2,16D2,17D2,18D2;1D2,2D2,4D2,5D2,8D2,9D2;1D,2D,3D,4D2,5D2,6D,7D,8D2,9D2. The van der Waals surface area contributed by atoms with E-state index >= 15 is 0 Å². The van der Waals surface area contributed by atoms with Gasteiger partial charge in [-0.2, -0.15) is 0 Å². The first-order valence-electron chi connectivity index (χ1n) is 39.1. The molecule has 0 aliphatic carbocycles. The number of hydrogen-bond acceptors (Lipinski definition) is 6. The van der Waals surface area contributed by atoms with Gasteiger partial charge in [0.2, 0.25) is 0 Å². The molecule has 4 rings (SSSR count). The maximum Gasteiger partial charge on any atom is 0.157 e. The van der Waals surface area contributed by atoms with Crippen molar-refractivity contribution in [2.24, 2.45) is 0 Å². The summed E-state index contributed by atoms with van der Waals surface area (Å²) in [5, 5.41) is 9.24. The molecule has 0 spiro atoms. The lowest BCUT2D eigenvalue weighted by atomic mass is 10.1. The fourth-order valence-electron chi connectivity index (χ4n) is 2.97. The molecular weight excluding hydrogens is 636 g/mol. The van der Waals surface area contributed by atoms with Crippen molar-refractivity contribution in [3.63, 3.8) is 0 Å². The number of benzene rings is 2. The lowest BCUT2D eigenvalue weighted by molar-refractivity contribution is -0.163. The minimum atomic E-state index is -4.60. The van der Waals surface area contributed by atoms with Crippen LogP contribution in [0.4, 0.5) is 0 Å². The van der Waals surface area contributed by atoms with Gasteiger partial charge >= 0.3 is 0 Å². The van der Waals surface area contributed by atoms with Gasteiger partial charge in [-0.1, -0.05) is 85.9 Å². The summed E-state index contributed by atoms with van der Waals surface area (Å²) in [7, 11) is 0. The van der Waals surface area contributed by atoms with E-state index in [9.17, 15) is 5.11 Å². The minimum absolute atomic E-state index is 0.0293. The first-order chi connectivity index (χ1) is 43.2. The Labute approximate surface area is 374 Å². The highest BCUT2D eigenvalue weighted by Gasteiger charge is 2.14. The third kappa shape index (κ3) is 26.9. The Kier molecular flexibility index (Phi) is 7.26. The Morgan fingerprint density at radius 1 is 0.592 bits per heavy atom. The highest BCUT2D eigenvalue weighted by molar-refractivity contribution is 6.17. The minimum Gasteiger partial charge on any atom is -0.396 e. The number of alkyl halides is 1. The average molecular weight is 756 g/mol. The zero-order chi connectivity index (χ0) is 79.3. The Balaban J connectivity index is 0.000000559. The van der Waals surface area contributed by atoms with Crippen molar-refractivity contribution >= 4 is 11.6 Å². The molecule has 7 heteroatoms. The molecule has 2 aromatic rings. The van der Waals surface area contributed by atoms with E-state index in [1.807, 2.05) is 0 Å². The molecule has 49 heavy (non-hydrogen) atoms. The van der Waals surface area contributed by atoms with Gasteiger partial charge in [0.25, 0.3) is 0 Å². The van der Waals surface area contributed by atoms with Gasteiger partial charge in [-0.15, -0.1) is 11.6 Å². The molecule has 2 fully saturated rings. The van der Waals surface area contributed by atoms with Crippen LogP contribution in [-0.2, 0) is 36.4 Å². The second-order valence-electron chi connectivity index (χ2n) is 8.29. The molecule has 0 saturated carbocycles. The third-order valence-electron chi connectivity index (χ3n) is 4.94. The van der Waals surface area contributed by atoms with Gasteiger partial charge in [0.05, 0.1) is 27.4 Å². The van der Waals surface area contributed by atoms with Crippen LogP contribution in [0.1, 0.15) is 195 Å². The van der Waals surface area contributed by atoms with E-state index in [-0.39, 0.29) is 26.1 Å². The quantitative estimate of drug-likeness (QED) is 0.108. The third-order valence-corrected chi connectivity index (χ3v) is 5.04. The Hall–Kier alpha value is -1.51. The molecule has 2 unspecified atom stereocenters. The fourth-order valence-corrected chi connectivity index (χ4v) is 3.01. The van der Waals surface area contributed by atoms with E-state index in [1.54, 1.807) is 0 Å². The molecule has 0 radical (unpaired) electrons. The zero-order valence-electron chi connectivity index (χ0n) is 75.7. The van der Waals surface area contributed by atoms with E-state index in [2.05, 4.69) is 4.74 Å².